The zero-order valence-electron chi connectivity index (χ0n) is 16.5. The molecule has 0 amide bonds. The minimum atomic E-state index is 0.701. The molecule has 0 nitrogen and oxygen atoms in total. The molecule has 0 aromatic rings. The van der Waals surface area contributed by atoms with E-state index in [1.807, 2.05) is 0 Å². The van der Waals surface area contributed by atoms with E-state index in [0.29, 0.717) is 5.41 Å². The van der Waals surface area contributed by atoms with E-state index < -0.39 is 0 Å². The Labute approximate surface area is 141 Å². The number of unbranched alkanes of at least 4 members (excludes halogenated alkanes) is 1. The summed E-state index contributed by atoms with van der Waals surface area (Å²) in [4.78, 5) is 0. The first kappa shape index (κ1) is 20.0. The van der Waals surface area contributed by atoms with Crippen LogP contribution in [-0.4, -0.2) is 0 Å². The molecule has 2 fully saturated rings. The summed E-state index contributed by atoms with van der Waals surface area (Å²) in [7, 11) is 0. The summed E-state index contributed by atoms with van der Waals surface area (Å²) in [6, 6.07) is 0. The van der Waals surface area contributed by atoms with Crippen molar-refractivity contribution < 1.29 is 0 Å². The van der Waals surface area contributed by atoms with Crippen molar-refractivity contribution in [3.8, 4) is 0 Å². The van der Waals surface area contributed by atoms with Crippen LogP contribution in [0, 0.1) is 16.7 Å². The van der Waals surface area contributed by atoms with Gasteiger partial charge in [0, 0.05) is 0 Å². The molecule has 0 heterocycles. The fraction of sp³-hybridized carbons (Fsp3) is 1.00. The van der Waals surface area contributed by atoms with E-state index in [-0.39, 0.29) is 0 Å². The predicted molar refractivity (Wildman–Crippen MR) is 101 cm³/mol. The molecule has 22 heavy (non-hydrogen) atoms. The largest absolute Gasteiger partial charge is 0.0654 e. The molecule has 0 aromatic carbocycles. The van der Waals surface area contributed by atoms with Crippen molar-refractivity contribution in [1.29, 1.82) is 0 Å². The molecule has 2 aliphatic rings. The second kappa shape index (κ2) is 9.99. The van der Waals surface area contributed by atoms with Gasteiger partial charge in [0.05, 0.1) is 0 Å². The Morgan fingerprint density at radius 3 is 1.59 bits per heavy atom. The van der Waals surface area contributed by atoms with Crippen molar-refractivity contribution in [3.05, 3.63) is 0 Å². The zero-order chi connectivity index (χ0) is 16.5. The summed E-state index contributed by atoms with van der Waals surface area (Å²) in [6.45, 7) is 12.0. The minimum Gasteiger partial charge on any atom is -0.0654 e. The number of hydrogen-bond acceptors (Lipinski definition) is 0. The summed E-state index contributed by atoms with van der Waals surface area (Å²) in [5, 5.41) is 0. The lowest BCUT2D eigenvalue weighted by Gasteiger charge is -2.35. The van der Waals surface area contributed by atoms with Crippen LogP contribution in [-0.2, 0) is 0 Å². The molecule has 0 aromatic heterocycles. The maximum Gasteiger partial charge on any atom is -0.0323 e. The van der Waals surface area contributed by atoms with Crippen LogP contribution in [0.25, 0.3) is 0 Å². The van der Waals surface area contributed by atoms with Gasteiger partial charge in [0.15, 0.2) is 0 Å². The van der Waals surface area contributed by atoms with Crippen molar-refractivity contribution >= 4 is 0 Å². The number of hydrogen-bond donors (Lipinski definition) is 0. The average Bonchev–Trinajstić information content (AvgIpc) is 2.46. The molecule has 0 saturated heterocycles. The van der Waals surface area contributed by atoms with Gasteiger partial charge in [-0.1, -0.05) is 86.0 Å². The second-order valence-corrected chi connectivity index (χ2v) is 9.44. The van der Waals surface area contributed by atoms with Gasteiger partial charge in [-0.2, -0.15) is 0 Å². The highest BCUT2D eigenvalue weighted by atomic mass is 14.3. The van der Waals surface area contributed by atoms with E-state index in [4.69, 9.17) is 0 Å². The van der Waals surface area contributed by atoms with Crippen LogP contribution in [0.1, 0.15) is 125 Å². The van der Waals surface area contributed by atoms with Crippen molar-refractivity contribution in [2.45, 2.75) is 125 Å². The molecule has 0 heteroatoms. The van der Waals surface area contributed by atoms with Crippen molar-refractivity contribution in [2.75, 3.05) is 0 Å². The fourth-order valence-electron chi connectivity index (χ4n) is 4.85. The molecular weight excluding hydrogens is 264 g/mol. The van der Waals surface area contributed by atoms with Crippen LogP contribution in [0.3, 0.4) is 0 Å². The Hall–Kier alpha value is 0. The monoisotopic (exact) mass is 308 g/mol. The first-order chi connectivity index (χ1) is 10.4. The second-order valence-electron chi connectivity index (χ2n) is 9.44. The Balaban J connectivity index is 0.000000220. The molecule has 132 valence electrons. The lowest BCUT2D eigenvalue weighted by molar-refractivity contribution is 0.175. The first-order valence-electron chi connectivity index (χ1n) is 10.4. The molecule has 0 spiro atoms. The van der Waals surface area contributed by atoms with E-state index in [2.05, 4.69) is 34.6 Å². The molecule has 2 aliphatic carbocycles. The van der Waals surface area contributed by atoms with E-state index >= 15 is 0 Å². The van der Waals surface area contributed by atoms with Crippen molar-refractivity contribution in [2.24, 2.45) is 16.7 Å². The maximum atomic E-state index is 2.49. The van der Waals surface area contributed by atoms with Gasteiger partial charge in [-0.15, -0.1) is 0 Å². The maximum absolute atomic E-state index is 2.49. The molecular formula is C22H44. The third kappa shape index (κ3) is 8.02. The van der Waals surface area contributed by atoms with Gasteiger partial charge in [0.25, 0.3) is 0 Å². The van der Waals surface area contributed by atoms with Crippen molar-refractivity contribution in [1.82, 2.24) is 0 Å². The SMILES string of the molecule is CC(C)CC1(C)CCCCC1.CCCCC1(C)CCCCC1. The van der Waals surface area contributed by atoms with Crippen LogP contribution in [0.15, 0.2) is 0 Å². The van der Waals surface area contributed by atoms with E-state index in [0.717, 1.165) is 11.3 Å². The Morgan fingerprint density at radius 1 is 0.727 bits per heavy atom. The quantitative estimate of drug-likeness (QED) is 0.480. The lowest BCUT2D eigenvalue weighted by atomic mass is 9.71. The normalized spacial score (nSPS) is 23.7. The predicted octanol–water partition coefficient (Wildman–Crippen LogP) is 8.15. The first-order valence-corrected chi connectivity index (χ1v) is 10.4. The third-order valence-corrected chi connectivity index (χ3v) is 6.16. The highest BCUT2D eigenvalue weighted by Crippen LogP contribution is 2.41. The molecule has 0 aliphatic heterocycles. The van der Waals surface area contributed by atoms with Gasteiger partial charge < -0.3 is 0 Å². The molecule has 2 saturated carbocycles. The highest BCUT2D eigenvalue weighted by Gasteiger charge is 2.27. The molecule has 0 bridgehead atoms. The highest BCUT2D eigenvalue weighted by molar-refractivity contribution is 4.79. The van der Waals surface area contributed by atoms with E-state index in [1.54, 1.807) is 0 Å². The van der Waals surface area contributed by atoms with Gasteiger partial charge in [-0.25, -0.2) is 0 Å². The standard InChI is InChI=1S/2C11H22/c1-10(2)9-11(3)7-5-4-6-8-11;1-3-4-8-11(2)9-6-5-7-10-11/h10H,4-9H2,1-3H3;3-10H2,1-2H3. The molecule has 0 N–H and O–H groups in total. The van der Waals surface area contributed by atoms with Gasteiger partial charge in [-0.3, -0.25) is 0 Å². The summed E-state index contributed by atoms with van der Waals surface area (Å²) in [5.41, 5.74) is 1.43. The van der Waals surface area contributed by atoms with E-state index in [9.17, 15) is 0 Å². The molecule has 0 atom stereocenters. The van der Waals surface area contributed by atoms with Crippen LogP contribution in [0.5, 0.6) is 0 Å². The smallest absolute Gasteiger partial charge is 0.0323 e. The van der Waals surface area contributed by atoms with Crippen LogP contribution < -0.4 is 0 Å². The van der Waals surface area contributed by atoms with E-state index in [1.165, 1.54) is 89.9 Å². The molecule has 0 unspecified atom stereocenters. The fourth-order valence-corrected chi connectivity index (χ4v) is 4.85. The Kier molecular flexibility index (Phi) is 9.10. The Bertz CT molecular complexity index is 264. The van der Waals surface area contributed by atoms with Gasteiger partial charge in [0.1, 0.15) is 0 Å². The molecule has 0 radical (unpaired) electrons. The van der Waals surface area contributed by atoms with Crippen molar-refractivity contribution in [3.63, 3.8) is 0 Å². The average molecular weight is 309 g/mol. The summed E-state index contributed by atoms with van der Waals surface area (Å²) < 4.78 is 0. The van der Waals surface area contributed by atoms with Gasteiger partial charge in [0.2, 0.25) is 0 Å². The van der Waals surface area contributed by atoms with Gasteiger partial charge >= 0.3 is 0 Å². The van der Waals surface area contributed by atoms with Crippen LogP contribution >= 0.6 is 0 Å². The topological polar surface area (TPSA) is 0 Å². The minimum absolute atomic E-state index is 0.701. The Morgan fingerprint density at radius 2 is 1.18 bits per heavy atom. The zero-order valence-corrected chi connectivity index (χ0v) is 16.5. The lowest BCUT2D eigenvalue weighted by Crippen LogP contribution is -2.21. The summed E-state index contributed by atoms with van der Waals surface area (Å²) in [5.74, 6) is 0.887. The third-order valence-electron chi connectivity index (χ3n) is 6.16. The van der Waals surface area contributed by atoms with Gasteiger partial charge in [-0.05, 0) is 55.3 Å². The van der Waals surface area contributed by atoms with Crippen LogP contribution in [0.2, 0.25) is 0 Å². The summed E-state index contributed by atoms with van der Waals surface area (Å²) >= 11 is 0. The molecule has 2 rings (SSSR count). The number of rotatable bonds is 5. The van der Waals surface area contributed by atoms with Crippen LogP contribution in [0.4, 0.5) is 0 Å². The summed E-state index contributed by atoms with van der Waals surface area (Å²) in [6.07, 6.45) is 20.6.